The molecule has 0 aromatic heterocycles. The van der Waals surface area contributed by atoms with E-state index in [2.05, 4.69) is 4.90 Å². The average Bonchev–Trinajstić information content (AvgIpc) is 2.60. The first-order chi connectivity index (χ1) is 12.0. The molecule has 2 rings (SSSR count). The third kappa shape index (κ3) is 5.76. The molecular weight excluding hydrogens is 314 g/mol. The summed E-state index contributed by atoms with van der Waals surface area (Å²) in [5, 5.41) is 8.94. The van der Waals surface area contributed by atoms with Crippen LogP contribution in [0.2, 0.25) is 0 Å². The topological polar surface area (TPSA) is 49.8 Å². The molecule has 1 N–H and O–H groups in total. The minimum Gasteiger partial charge on any atom is -0.492 e. The van der Waals surface area contributed by atoms with Crippen molar-refractivity contribution in [2.45, 2.75) is 13.3 Å². The number of carbonyl (C=O) groups is 1. The van der Waals surface area contributed by atoms with Gasteiger partial charge in [-0.15, -0.1) is 0 Å². The fourth-order valence-electron chi connectivity index (χ4n) is 2.51. The van der Waals surface area contributed by atoms with Gasteiger partial charge in [-0.1, -0.05) is 43.3 Å². The van der Waals surface area contributed by atoms with Gasteiger partial charge in [0.05, 0.1) is 0 Å². The number of allylic oxidation sites excluding steroid dienone is 1. The maximum Gasteiger partial charge on any atom is 0.328 e. The van der Waals surface area contributed by atoms with Gasteiger partial charge in [-0.3, -0.25) is 0 Å². The molecule has 4 nitrogen and oxygen atoms in total. The van der Waals surface area contributed by atoms with E-state index >= 15 is 0 Å². The van der Waals surface area contributed by atoms with Crippen LogP contribution in [0.3, 0.4) is 0 Å². The van der Waals surface area contributed by atoms with Crippen LogP contribution >= 0.6 is 0 Å². The van der Waals surface area contributed by atoms with E-state index in [4.69, 9.17) is 9.84 Å². The number of ether oxygens (including phenoxy) is 1. The molecule has 0 saturated heterocycles. The van der Waals surface area contributed by atoms with Crippen LogP contribution in [0.1, 0.15) is 18.9 Å². The lowest BCUT2D eigenvalue weighted by molar-refractivity contribution is -0.131. The third-order valence-electron chi connectivity index (χ3n) is 3.93. The molecule has 0 aliphatic rings. The predicted molar refractivity (Wildman–Crippen MR) is 102 cm³/mol. The molecule has 0 heterocycles. The van der Waals surface area contributed by atoms with Crippen molar-refractivity contribution in [3.63, 3.8) is 0 Å². The SMILES string of the molecule is CC/C(=C\C(=O)O)c1ccc(-c2ccc(OCCN(C)C)cc2)cc1. The summed E-state index contributed by atoms with van der Waals surface area (Å²) in [6.45, 7) is 3.50. The van der Waals surface area contributed by atoms with Gasteiger partial charge >= 0.3 is 5.97 Å². The number of carboxylic acid groups (broad SMARTS) is 1. The Morgan fingerprint density at radius 2 is 1.60 bits per heavy atom. The van der Waals surface area contributed by atoms with E-state index in [1.807, 2.05) is 69.6 Å². The lowest BCUT2D eigenvalue weighted by Gasteiger charge is -2.11. The van der Waals surface area contributed by atoms with Crippen molar-refractivity contribution < 1.29 is 14.6 Å². The molecule has 2 aromatic rings. The van der Waals surface area contributed by atoms with Crippen molar-refractivity contribution >= 4 is 11.5 Å². The number of nitrogens with zero attached hydrogens (tertiary/aromatic N) is 1. The standard InChI is InChI=1S/C21H25NO3/c1-4-16(15-21(23)24)17-5-7-18(8-6-17)19-9-11-20(12-10-19)25-14-13-22(2)3/h5-12,15H,4,13-14H2,1-3H3,(H,23,24)/b16-15+. The van der Waals surface area contributed by atoms with Crippen LogP contribution < -0.4 is 4.74 Å². The summed E-state index contributed by atoms with van der Waals surface area (Å²) in [5.74, 6) is -0.0503. The summed E-state index contributed by atoms with van der Waals surface area (Å²) in [6, 6.07) is 16.0. The lowest BCUT2D eigenvalue weighted by atomic mass is 9.99. The molecule has 0 spiro atoms. The van der Waals surface area contributed by atoms with Crippen molar-refractivity contribution in [3.8, 4) is 16.9 Å². The van der Waals surface area contributed by atoms with Gasteiger partial charge in [0.2, 0.25) is 0 Å². The maximum absolute atomic E-state index is 10.9. The molecule has 0 amide bonds. The highest BCUT2D eigenvalue weighted by Gasteiger charge is 2.04. The quantitative estimate of drug-likeness (QED) is 0.733. The van der Waals surface area contributed by atoms with Crippen molar-refractivity contribution in [3.05, 3.63) is 60.2 Å². The highest BCUT2D eigenvalue weighted by molar-refractivity contribution is 5.90. The molecule has 0 unspecified atom stereocenters. The number of aliphatic carboxylic acids is 1. The highest BCUT2D eigenvalue weighted by Crippen LogP contribution is 2.25. The molecule has 0 atom stereocenters. The predicted octanol–water partition coefficient (Wildman–Crippen LogP) is 4.17. The van der Waals surface area contributed by atoms with Gasteiger partial charge in [0.25, 0.3) is 0 Å². The summed E-state index contributed by atoms with van der Waals surface area (Å²) in [6.07, 6.45) is 1.96. The molecule has 0 saturated carbocycles. The monoisotopic (exact) mass is 339 g/mol. The van der Waals surface area contributed by atoms with Gasteiger partial charge < -0.3 is 14.7 Å². The first kappa shape index (κ1) is 18.7. The minimum absolute atomic E-state index is 0.663. The smallest absolute Gasteiger partial charge is 0.328 e. The molecule has 0 fully saturated rings. The molecular formula is C21H25NO3. The number of benzene rings is 2. The van der Waals surface area contributed by atoms with Crippen LogP contribution in [0, 0.1) is 0 Å². The van der Waals surface area contributed by atoms with Crippen LogP contribution in [0.5, 0.6) is 5.75 Å². The molecule has 0 bridgehead atoms. The molecule has 4 heteroatoms. The van der Waals surface area contributed by atoms with Gasteiger partial charge in [-0.25, -0.2) is 4.79 Å². The van der Waals surface area contributed by atoms with E-state index in [1.165, 1.54) is 6.08 Å². The molecule has 25 heavy (non-hydrogen) atoms. The molecule has 0 radical (unpaired) electrons. The number of likely N-dealkylation sites (N-methyl/N-ethyl adjacent to an activating group) is 1. The number of carboxylic acids is 1. The van der Waals surface area contributed by atoms with Crippen molar-refractivity contribution in [2.24, 2.45) is 0 Å². The summed E-state index contributed by atoms with van der Waals surface area (Å²) < 4.78 is 5.71. The fourth-order valence-corrected chi connectivity index (χ4v) is 2.51. The van der Waals surface area contributed by atoms with Gasteiger partial charge in [-0.2, -0.15) is 0 Å². The summed E-state index contributed by atoms with van der Waals surface area (Å²) in [4.78, 5) is 13.0. The maximum atomic E-state index is 10.9. The fraction of sp³-hybridized carbons (Fsp3) is 0.286. The van der Waals surface area contributed by atoms with Gasteiger partial charge in [0, 0.05) is 12.6 Å². The molecule has 0 aliphatic carbocycles. The summed E-state index contributed by atoms with van der Waals surface area (Å²) in [7, 11) is 4.04. The zero-order chi connectivity index (χ0) is 18.2. The Morgan fingerprint density at radius 3 is 2.08 bits per heavy atom. The van der Waals surface area contributed by atoms with Crippen LogP contribution in [0.4, 0.5) is 0 Å². The largest absolute Gasteiger partial charge is 0.492 e. The number of rotatable bonds is 8. The van der Waals surface area contributed by atoms with Crippen LogP contribution in [-0.2, 0) is 4.79 Å². The Kier molecular flexibility index (Phi) is 6.78. The van der Waals surface area contributed by atoms with E-state index in [0.717, 1.165) is 34.6 Å². The molecule has 2 aromatic carbocycles. The Labute approximate surface area is 149 Å². The second-order valence-corrected chi connectivity index (χ2v) is 6.11. The van der Waals surface area contributed by atoms with Crippen LogP contribution in [-0.4, -0.2) is 43.2 Å². The number of hydrogen-bond donors (Lipinski definition) is 1. The van der Waals surface area contributed by atoms with E-state index < -0.39 is 5.97 Å². The van der Waals surface area contributed by atoms with E-state index in [0.29, 0.717) is 13.0 Å². The Balaban J connectivity index is 2.08. The molecule has 0 aliphatic heterocycles. The summed E-state index contributed by atoms with van der Waals surface area (Å²) in [5.41, 5.74) is 3.96. The minimum atomic E-state index is -0.911. The van der Waals surface area contributed by atoms with Gasteiger partial charge in [0.15, 0.2) is 0 Å². The Morgan fingerprint density at radius 1 is 1.04 bits per heavy atom. The van der Waals surface area contributed by atoms with E-state index in [1.54, 1.807) is 0 Å². The van der Waals surface area contributed by atoms with Gasteiger partial charge in [0.1, 0.15) is 12.4 Å². The van der Waals surface area contributed by atoms with Crippen molar-refractivity contribution in [1.29, 1.82) is 0 Å². The average molecular weight is 339 g/mol. The lowest BCUT2D eigenvalue weighted by Crippen LogP contribution is -2.19. The first-order valence-corrected chi connectivity index (χ1v) is 8.41. The Hall–Kier alpha value is -2.59. The van der Waals surface area contributed by atoms with E-state index in [9.17, 15) is 4.79 Å². The third-order valence-corrected chi connectivity index (χ3v) is 3.93. The highest BCUT2D eigenvalue weighted by atomic mass is 16.5. The number of hydrogen-bond acceptors (Lipinski definition) is 3. The first-order valence-electron chi connectivity index (χ1n) is 8.41. The van der Waals surface area contributed by atoms with Crippen LogP contribution in [0.15, 0.2) is 54.6 Å². The Bertz CT molecular complexity index is 716. The zero-order valence-electron chi connectivity index (χ0n) is 15.0. The van der Waals surface area contributed by atoms with Gasteiger partial charge in [-0.05, 0) is 54.9 Å². The molecule has 132 valence electrons. The zero-order valence-corrected chi connectivity index (χ0v) is 15.0. The van der Waals surface area contributed by atoms with E-state index in [-0.39, 0.29) is 0 Å². The second-order valence-electron chi connectivity index (χ2n) is 6.11. The summed E-state index contributed by atoms with van der Waals surface area (Å²) >= 11 is 0. The van der Waals surface area contributed by atoms with Crippen molar-refractivity contribution in [2.75, 3.05) is 27.2 Å². The normalized spacial score (nSPS) is 11.6. The second kappa shape index (κ2) is 9.04. The van der Waals surface area contributed by atoms with Crippen molar-refractivity contribution in [1.82, 2.24) is 4.90 Å². The van der Waals surface area contributed by atoms with Crippen LogP contribution in [0.25, 0.3) is 16.7 Å².